The molecule has 0 saturated heterocycles. The van der Waals surface area contributed by atoms with Crippen LogP contribution in [0.1, 0.15) is 20.7 Å². The van der Waals surface area contributed by atoms with E-state index in [-0.39, 0.29) is 0 Å². The van der Waals surface area contributed by atoms with Crippen molar-refractivity contribution in [2.75, 3.05) is 0 Å². The summed E-state index contributed by atoms with van der Waals surface area (Å²) >= 11 is 0. The Morgan fingerprint density at radius 2 is 1.50 bits per heavy atom. The van der Waals surface area contributed by atoms with Gasteiger partial charge in [0, 0.05) is 0 Å². The fourth-order valence-electron chi connectivity index (χ4n) is 1.08. The van der Waals surface area contributed by atoms with Crippen molar-refractivity contribution in [2.24, 2.45) is 0 Å². The van der Waals surface area contributed by atoms with Gasteiger partial charge in [-0.3, -0.25) is 4.57 Å². The molecule has 0 heterocycles. The SMILES string of the molecule is O=C(O)c1ccc(P(=O)(O)O)cc1C(=O)O. The highest BCUT2D eigenvalue weighted by atomic mass is 31.2. The molecule has 0 spiro atoms. The van der Waals surface area contributed by atoms with Crippen molar-refractivity contribution in [3.8, 4) is 0 Å². The molecule has 0 aliphatic carbocycles. The van der Waals surface area contributed by atoms with Gasteiger partial charge in [-0.15, -0.1) is 0 Å². The number of aromatic carboxylic acids is 2. The molecule has 7 nitrogen and oxygen atoms in total. The Morgan fingerprint density at radius 1 is 1.00 bits per heavy atom. The summed E-state index contributed by atoms with van der Waals surface area (Å²) < 4.78 is 10.8. The van der Waals surface area contributed by atoms with Crippen molar-refractivity contribution < 1.29 is 34.2 Å². The first kappa shape index (κ1) is 12.4. The topological polar surface area (TPSA) is 132 Å². The fourth-order valence-corrected chi connectivity index (χ4v) is 1.64. The Balaban J connectivity index is 3.46. The second-order valence-electron chi connectivity index (χ2n) is 2.88. The highest BCUT2D eigenvalue weighted by molar-refractivity contribution is 7.60. The van der Waals surface area contributed by atoms with E-state index in [4.69, 9.17) is 20.0 Å². The molecular weight excluding hydrogens is 239 g/mol. The third-order valence-electron chi connectivity index (χ3n) is 1.80. The third-order valence-corrected chi connectivity index (χ3v) is 2.75. The van der Waals surface area contributed by atoms with Gasteiger partial charge in [0.2, 0.25) is 0 Å². The zero-order valence-corrected chi connectivity index (χ0v) is 8.59. The first-order chi connectivity index (χ1) is 7.23. The molecule has 1 aromatic rings. The molecule has 86 valence electrons. The summed E-state index contributed by atoms with van der Waals surface area (Å²) in [5, 5.41) is 16.8. The number of hydrogen-bond acceptors (Lipinski definition) is 3. The Morgan fingerprint density at radius 3 is 1.88 bits per heavy atom. The van der Waals surface area contributed by atoms with Gasteiger partial charge in [-0.1, -0.05) is 0 Å². The Labute approximate surface area is 89.1 Å². The lowest BCUT2D eigenvalue weighted by Gasteiger charge is -2.06. The van der Waals surface area contributed by atoms with Crippen molar-refractivity contribution in [2.45, 2.75) is 0 Å². The quantitative estimate of drug-likeness (QED) is 0.546. The summed E-state index contributed by atoms with van der Waals surface area (Å²) in [6, 6.07) is 2.39. The maximum absolute atomic E-state index is 10.8. The molecule has 0 atom stereocenters. The van der Waals surface area contributed by atoms with E-state index < -0.39 is 36.0 Å². The molecule has 1 rings (SSSR count). The van der Waals surface area contributed by atoms with E-state index in [0.29, 0.717) is 6.07 Å². The largest absolute Gasteiger partial charge is 0.478 e. The molecule has 4 N–H and O–H groups in total. The van der Waals surface area contributed by atoms with E-state index in [1.807, 2.05) is 0 Å². The molecule has 0 saturated carbocycles. The van der Waals surface area contributed by atoms with Crippen LogP contribution >= 0.6 is 7.60 Å². The average molecular weight is 246 g/mol. The van der Waals surface area contributed by atoms with Gasteiger partial charge in [0.25, 0.3) is 0 Å². The molecule has 0 aliphatic heterocycles. The highest BCUT2D eigenvalue weighted by Crippen LogP contribution is 2.33. The lowest BCUT2D eigenvalue weighted by atomic mass is 10.1. The molecule has 0 aliphatic rings. The summed E-state index contributed by atoms with van der Waals surface area (Å²) in [7, 11) is -4.59. The molecule has 1 aromatic carbocycles. The van der Waals surface area contributed by atoms with E-state index >= 15 is 0 Å². The van der Waals surface area contributed by atoms with Crippen LogP contribution in [0.3, 0.4) is 0 Å². The summed E-state index contributed by atoms with van der Waals surface area (Å²) in [5.74, 6) is -3.04. The summed E-state index contributed by atoms with van der Waals surface area (Å²) in [5.41, 5.74) is -1.18. The first-order valence-corrected chi connectivity index (χ1v) is 5.51. The second kappa shape index (κ2) is 4.05. The Bertz CT molecular complexity index is 501. The standard InChI is InChI=1S/C8H7O7P/c9-7(10)5-2-1-4(16(13,14)15)3-6(5)8(11)12/h1-3H,(H,9,10)(H,11,12)(H2,13,14,15). The van der Waals surface area contributed by atoms with Gasteiger partial charge < -0.3 is 20.0 Å². The molecule has 0 radical (unpaired) electrons. The summed E-state index contributed by atoms with van der Waals surface area (Å²) in [6.45, 7) is 0. The maximum atomic E-state index is 10.8. The van der Waals surface area contributed by atoms with Crippen LogP contribution < -0.4 is 5.30 Å². The molecule has 0 fully saturated rings. The van der Waals surface area contributed by atoms with E-state index in [1.54, 1.807) is 0 Å². The third kappa shape index (κ3) is 2.46. The van der Waals surface area contributed by atoms with Gasteiger partial charge in [-0.2, -0.15) is 0 Å². The van der Waals surface area contributed by atoms with Gasteiger partial charge in [-0.25, -0.2) is 9.59 Å². The minimum atomic E-state index is -4.59. The zero-order chi connectivity index (χ0) is 12.5. The first-order valence-electron chi connectivity index (χ1n) is 3.90. The highest BCUT2D eigenvalue weighted by Gasteiger charge is 2.23. The van der Waals surface area contributed by atoms with Crippen LogP contribution in [0, 0.1) is 0 Å². The van der Waals surface area contributed by atoms with E-state index in [0.717, 1.165) is 12.1 Å². The monoisotopic (exact) mass is 246 g/mol. The second-order valence-corrected chi connectivity index (χ2v) is 4.49. The minimum absolute atomic E-state index is 0.523. The molecule has 0 aromatic heterocycles. The Hall–Kier alpha value is -1.69. The molecule has 0 unspecified atom stereocenters. The van der Waals surface area contributed by atoms with Crippen LogP contribution in [-0.2, 0) is 4.57 Å². The van der Waals surface area contributed by atoms with E-state index in [2.05, 4.69) is 0 Å². The lowest BCUT2D eigenvalue weighted by molar-refractivity contribution is 0.0651. The van der Waals surface area contributed by atoms with Gasteiger partial charge in [0.05, 0.1) is 16.4 Å². The van der Waals surface area contributed by atoms with Crippen molar-refractivity contribution >= 4 is 24.8 Å². The van der Waals surface area contributed by atoms with Crippen molar-refractivity contribution in [1.82, 2.24) is 0 Å². The van der Waals surface area contributed by atoms with Crippen LogP contribution in [0.5, 0.6) is 0 Å². The molecule has 0 amide bonds. The minimum Gasteiger partial charge on any atom is -0.478 e. The predicted molar refractivity (Wildman–Crippen MR) is 52.0 cm³/mol. The number of hydrogen-bond donors (Lipinski definition) is 4. The smallest absolute Gasteiger partial charge is 0.356 e. The van der Waals surface area contributed by atoms with Crippen molar-refractivity contribution in [3.05, 3.63) is 29.3 Å². The van der Waals surface area contributed by atoms with Crippen LogP contribution in [0.2, 0.25) is 0 Å². The molecular formula is C8H7O7P. The normalized spacial score (nSPS) is 11.1. The van der Waals surface area contributed by atoms with Gasteiger partial charge in [0.15, 0.2) is 0 Å². The van der Waals surface area contributed by atoms with Gasteiger partial charge in [0.1, 0.15) is 0 Å². The molecule has 0 bridgehead atoms. The van der Waals surface area contributed by atoms with Crippen LogP contribution in [-0.4, -0.2) is 31.9 Å². The zero-order valence-electron chi connectivity index (χ0n) is 7.69. The predicted octanol–water partition coefficient (Wildman–Crippen LogP) is -0.114. The van der Waals surface area contributed by atoms with Gasteiger partial charge >= 0.3 is 19.5 Å². The number of benzene rings is 1. The average Bonchev–Trinajstić information content (AvgIpc) is 2.15. The molecule has 8 heteroatoms. The van der Waals surface area contributed by atoms with Crippen LogP contribution in [0.25, 0.3) is 0 Å². The number of carbonyl (C=O) groups is 2. The maximum Gasteiger partial charge on any atom is 0.356 e. The van der Waals surface area contributed by atoms with Gasteiger partial charge in [-0.05, 0) is 18.2 Å². The van der Waals surface area contributed by atoms with Crippen LogP contribution in [0.15, 0.2) is 18.2 Å². The summed E-state index contributed by atoms with van der Waals surface area (Å²) in [4.78, 5) is 38.9. The van der Waals surface area contributed by atoms with Crippen molar-refractivity contribution in [3.63, 3.8) is 0 Å². The number of rotatable bonds is 3. The van der Waals surface area contributed by atoms with E-state index in [9.17, 15) is 14.2 Å². The Kier molecular flexibility index (Phi) is 3.14. The van der Waals surface area contributed by atoms with Crippen molar-refractivity contribution in [1.29, 1.82) is 0 Å². The number of carboxylic acids is 2. The van der Waals surface area contributed by atoms with E-state index in [1.165, 1.54) is 0 Å². The molecule has 16 heavy (non-hydrogen) atoms. The lowest BCUT2D eigenvalue weighted by Crippen LogP contribution is -2.13. The van der Waals surface area contributed by atoms with Crippen LogP contribution in [0.4, 0.5) is 0 Å². The summed E-state index contributed by atoms with van der Waals surface area (Å²) in [6.07, 6.45) is 0. The fraction of sp³-hybridized carbons (Fsp3) is 0. The number of carboxylic acid groups (broad SMARTS) is 2.